The van der Waals surface area contributed by atoms with Gasteiger partial charge in [0.25, 0.3) is 0 Å². The normalized spacial score (nSPS) is 10.7. The molecule has 3 rings (SSSR count). The van der Waals surface area contributed by atoms with Gasteiger partial charge in [0, 0.05) is 11.5 Å². The molecule has 0 saturated heterocycles. The minimum atomic E-state index is -0.574. The van der Waals surface area contributed by atoms with Gasteiger partial charge in [-0.25, -0.2) is 9.36 Å². The minimum absolute atomic E-state index is 0.117. The van der Waals surface area contributed by atoms with Gasteiger partial charge in [0.2, 0.25) is 5.88 Å². The molecule has 0 atom stereocenters. The van der Waals surface area contributed by atoms with Gasteiger partial charge in [-0.15, -0.1) is 0 Å². The van der Waals surface area contributed by atoms with E-state index in [-0.39, 0.29) is 12.5 Å². The quantitative estimate of drug-likeness (QED) is 0.772. The van der Waals surface area contributed by atoms with Crippen LogP contribution in [0, 0.1) is 0 Å². The standard InChI is InChI=1S/C17H15NO3/c1-2-21-17(20)18-15-10-13(12-6-4-3-5-7-12)8-9-14(15)11-16(18)19/h3-11,19H,2H2,1H3. The van der Waals surface area contributed by atoms with Gasteiger partial charge in [-0.1, -0.05) is 42.5 Å². The predicted octanol–water partition coefficient (Wildman–Crippen LogP) is 4.02. The Morgan fingerprint density at radius 2 is 1.86 bits per heavy atom. The van der Waals surface area contributed by atoms with E-state index in [2.05, 4.69) is 0 Å². The van der Waals surface area contributed by atoms with Gasteiger partial charge in [0.05, 0.1) is 12.1 Å². The fourth-order valence-electron chi connectivity index (χ4n) is 2.38. The Bertz CT molecular complexity index is 790. The van der Waals surface area contributed by atoms with Crippen molar-refractivity contribution in [2.45, 2.75) is 6.92 Å². The lowest BCUT2D eigenvalue weighted by Gasteiger charge is -2.07. The van der Waals surface area contributed by atoms with Crippen molar-refractivity contribution < 1.29 is 14.6 Å². The molecule has 21 heavy (non-hydrogen) atoms. The van der Waals surface area contributed by atoms with Gasteiger partial charge in [0.1, 0.15) is 0 Å². The van der Waals surface area contributed by atoms with Crippen molar-refractivity contribution >= 4 is 17.0 Å². The van der Waals surface area contributed by atoms with Crippen molar-refractivity contribution in [3.63, 3.8) is 0 Å². The number of hydrogen-bond acceptors (Lipinski definition) is 3. The Labute approximate surface area is 122 Å². The predicted molar refractivity (Wildman–Crippen MR) is 81.5 cm³/mol. The lowest BCUT2D eigenvalue weighted by atomic mass is 10.0. The number of carbonyl (C=O) groups excluding carboxylic acids is 1. The maximum absolute atomic E-state index is 12.0. The number of benzene rings is 2. The third-order valence-electron chi connectivity index (χ3n) is 3.34. The highest BCUT2D eigenvalue weighted by Gasteiger charge is 2.16. The molecule has 3 aromatic rings. The second-order valence-electron chi connectivity index (χ2n) is 4.68. The smallest absolute Gasteiger partial charge is 0.421 e. The zero-order valence-corrected chi connectivity index (χ0v) is 11.6. The van der Waals surface area contributed by atoms with Crippen molar-refractivity contribution in [3.05, 3.63) is 54.6 Å². The van der Waals surface area contributed by atoms with Crippen LogP contribution in [0.4, 0.5) is 4.79 Å². The van der Waals surface area contributed by atoms with Crippen LogP contribution in [0.2, 0.25) is 0 Å². The van der Waals surface area contributed by atoms with E-state index >= 15 is 0 Å². The van der Waals surface area contributed by atoms with Gasteiger partial charge in [0.15, 0.2) is 0 Å². The largest absolute Gasteiger partial charge is 0.494 e. The van der Waals surface area contributed by atoms with Crippen molar-refractivity contribution in [2.75, 3.05) is 6.61 Å². The third-order valence-corrected chi connectivity index (χ3v) is 3.34. The Hall–Kier alpha value is -2.75. The summed E-state index contributed by atoms with van der Waals surface area (Å²) >= 11 is 0. The van der Waals surface area contributed by atoms with E-state index in [0.717, 1.165) is 16.5 Å². The van der Waals surface area contributed by atoms with E-state index in [1.54, 1.807) is 13.0 Å². The first kappa shape index (κ1) is 13.2. The molecule has 0 aliphatic heterocycles. The molecule has 0 spiro atoms. The molecule has 4 nitrogen and oxygen atoms in total. The van der Waals surface area contributed by atoms with Crippen LogP contribution >= 0.6 is 0 Å². The van der Waals surface area contributed by atoms with E-state index in [4.69, 9.17) is 4.74 Å². The number of hydrogen-bond donors (Lipinski definition) is 1. The number of fused-ring (bicyclic) bond motifs is 1. The van der Waals surface area contributed by atoms with Crippen LogP contribution < -0.4 is 0 Å². The maximum Gasteiger partial charge on any atom is 0.421 e. The molecule has 4 heteroatoms. The molecule has 0 aliphatic carbocycles. The number of aromatic hydroxyl groups is 1. The molecule has 1 N–H and O–H groups in total. The monoisotopic (exact) mass is 281 g/mol. The molecule has 1 heterocycles. The Morgan fingerprint density at radius 3 is 2.57 bits per heavy atom. The summed E-state index contributed by atoms with van der Waals surface area (Å²) < 4.78 is 6.17. The zero-order valence-electron chi connectivity index (χ0n) is 11.6. The molecule has 2 aromatic carbocycles. The number of nitrogens with zero attached hydrogens (tertiary/aromatic N) is 1. The summed E-state index contributed by atoms with van der Waals surface area (Å²) in [5, 5.41) is 10.7. The van der Waals surface area contributed by atoms with Crippen LogP contribution in [0.1, 0.15) is 6.92 Å². The summed E-state index contributed by atoms with van der Waals surface area (Å²) in [6.07, 6.45) is -0.574. The van der Waals surface area contributed by atoms with Crippen molar-refractivity contribution in [1.82, 2.24) is 4.57 Å². The van der Waals surface area contributed by atoms with Gasteiger partial charge < -0.3 is 9.84 Å². The van der Waals surface area contributed by atoms with Gasteiger partial charge in [-0.2, -0.15) is 0 Å². The maximum atomic E-state index is 12.0. The highest BCUT2D eigenvalue weighted by Crippen LogP contribution is 2.29. The third kappa shape index (κ3) is 2.36. The average molecular weight is 281 g/mol. The van der Waals surface area contributed by atoms with Crippen molar-refractivity contribution in [2.24, 2.45) is 0 Å². The molecular weight excluding hydrogens is 266 g/mol. The first-order valence-corrected chi connectivity index (χ1v) is 6.77. The fourth-order valence-corrected chi connectivity index (χ4v) is 2.38. The van der Waals surface area contributed by atoms with Crippen LogP contribution in [0.25, 0.3) is 22.0 Å². The van der Waals surface area contributed by atoms with Crippen LogP contribution in [-0.4, -0.2) is 22.4 Å². The molecule has 0 fully saturated rings. The highest BCUT2D eigenvalue weighted by atomic mass is 16.5. The summed E-state index contributed by atoms with van der Waals surface area (Å²) in [6.45, 7) is 1.99. The molecule has 0 bridgehead atoms. The summed E-state index contributed by atoms with van der Waals surface area (Å²) in [5.74, 6) is -0.117. The molecule has 106 valence electrons. The van der Waals surface area contributed by atoms with Crippen LogP contribution in [0.15, 0.2) is 54.6 Å². The molecule has 1 aromatic heterocycles. The van der Waals surface area contributed by atoms with Crippen LogP contribution in [0.3, 0.4) is 0 Å². The first-order chi connectivity index (χ1) is 10.2. The van der Waals surface area contributed by atoms with E-state index in [0.29, 0.717) is 5.52 Å². The summed E-state index contributed by atoms with van der Waals surface area (Å²) in [6, 6.07) is 17.2. The molecule has 0 aliphatic rings. The van der Waals surface area contributed by atoms with Crippen LogP contribution in [0.5, 0.6) is 5.88 Å². The van der Waals surface area contributed by atoms with E-state index in [9.17, 15) is 9.90 Å². The molecular formula is C17H15NO3. The van der Waals surface area contributed by atoms with E-state index < -0.39 is 6.09 Å². The van der Waals surface area contributed by atoms with Crippen molar-refractivity contribution in [1.29, 1.82) is 0 Å². The van der Waals surface area contributed by atoms with Crippen molar-refractivity contribution in [3.8, 4) is 17.0 Å². The zero-order chi connectivity index (χ0) is 14.8. The fraction of sp³-hybridized carbons (Fsp3) is 0.118. The molecule has 0 radical (unpaired) electrons. The lowest BCUT2D eigenvalue weighted by Crippen LogP contribution is -2.12. The second-order valence-corrected chi connectivity index (χ2v) is 4.68. The molecule has 0 saturated carbocycles. The summed E-state index contributed by atoms with van der Waals surface area (Å²) in [4.78, 5) is 12.0. The van der Waals surface area contributed by atoms with Crippen LogP contribution in [-0.2, 0) is 4.74 Å². The average Bonchev–Trinajstić information content (AvgIpc) is 2.83. The molecule has 0 amide bonds. The highest BCUT2D eigenvalue weighted by molar-refractivity contribution is 5.94. The topological polar surface area (TPSA) is 51.5 Å². The second kappa shape index (κ2) is 5.32. The van der Waals surface area contributed by atoms with Gasteiger partial charge in [-0.3, -0.25) is 0 Å². The minimum Gasteiger partial charge on any atom is -0.494 e. The summed E-state index contributed by atoms with van der Waals surface area (Å²) in [5.41, 5.74) is 2.66. The number of aromatic nitrogens is 1. The Morgan fingerprint density at radius 1 is 1.10 bits per heavy atom. The lowest BCUT2D eigenvalue weighted by molar-refractivity contribution is 0.152. The Kier molecular flexibility index (Phi) is 3.36. The van der Waals surface area contributed by atoms with E-state index in [1.165, 1.54) is 4.57 Å². The van der Waals surface area contributed by atoms with E-state index in [1.807, 2.05) is 48.5 Å². The number of ether oxygens (including phenoxy) is 1. The Balaban J connectivity index is 2.16. The van der Waals surface area contributed by atoms with Gasteiger partial charge in [-0.05, 0) is 24.1 Å². The first-order valence-electron chi connectivity index (χ1n) is 6.77. The van der Waals surface area contributed by atoms with Gasteiger partial charge >= 0.3 is 6.09 Å². The number of carbonyl (C=O) groups is 1. The molecule has 0 unspecified atom stereocenters. The number of rotatable bonds is 2. The SMILES string of the molecule is CCOC(=O)n1c(O)cc2ccc(-c3ccccc3)cc21. The summed E-state index contributed by atoms with van der Waals surface area (Å²) in [7, 11) is 0.